The van der Waals surface area contributed by atoms with Gasteiger partial charge >= 0.3 is 0 Å². The number of hydrogen-bond donors (Lipinski definition) is 2. The highest BCUT2D eigenvalue weighted by atomic mass is 35.5. The molecule has 2 atom stereocenters. The second-order valence-electron chi connectivity index (χ2n) is 6.65. The highest BCUT2D eigenvalue weighted by Crippen LogP contribution is 2.24. The first-order valence-electron chi connectivity index (χ1n) is 8.62. The number of nitrogens with two attached hydrogens (primary N) is 1. The molecule has 1 aliphatic carbocycles. The van der Waals surface area contributed by atoms with Crippen molar-refractivity contribution in [2.75, 3.05) is 26.3 Å². The quantitative estimate of drug-likeness (QED) is 0.808. The van der Waals surface area contributed by atoms with Crippen molar-refractivity contribution in [3.8, 4) is 0 Å². The first-order chi connectivity index (χ1) is 11.2. The van der Waals surface area contributed by atoms with E-state index in [1.54, 1.807) is 0 Å². The van der Waals surface area contributed by atoms with Crippen LogP contribution >= 0.6 is 24.8 Å². The van der Waals surface area contributed by atoms with Gasteiger partial charge in [-0.2, -0.15) is 0 Å². The lowest BCUT2D eigenvalue weighted by Gasteiger charge is -2.27. The zero-order valence-electron chi connectivity index (χ0n) is 14.5. The van der Waals surface area contributed by atoms with E-state index in [0.29, 0.717) is 6.54 Å². The molecule has 2 fully saturated rings. The van der Waals surface area contributed by atoms with Gasteiger partial charge in [-0.15, -0.1) is 24.8 Å². The predicted octanol–water partition coefficient (Wildman–Crippen LogP) is 2.11. The lowest BCUT2D eigenvalue weighted by Crippen LogP contribution is -2.36. The Hall–Kier alpha value is -0.850. The van der Waals surface area contributed by atoms with Gasteiger partial charge in [-0.25, -0.2) is 0 Å². The van der Waals surface area contributed by atoms with Gasteiger partial charge in [0.2, 0.25) is 5.91 Å². The minimum atomic E-state index is 0. The fourth-order valence-corrected chi connectivity index (χ4v) is 3.47. The van der Waals surface area contributed by atoms with Gasteiger partial charge in [-0.1, -0.05) is 24.3 Å². The summed E-state index contributed by atoms with van der Waals surface area (Å²) in [6, 6.07) is 8.56. The van der Waals surface area contributed by atoms with Gasteiger partial charge in [0, 0.05) is 38.1 Å². The number of morpholine rings is 1. The molecule has 3 N–H and O–H groups in total. The highest BCUT2D eigenvalue weighted by molar-refractivity contribution is 5.85. The third-order valence-corrected chi connectivity index (χ3v) is 4.91. The van der Waals surface area contributed by atoms with Crippen LogP contribution in [-0.2, 0) is 22.6 Å². The molecule has 1 amide bonds. The molecule has 0 spiro atoms. The van der Waals surface area contributed by atoms with Crippen molar-refractivity contribution >= 4 is 30.7 Å². The second-order valence-corrected chi connectivity index (χ2v) is 6.65. The third kappa shape index (κ3) is 6.42. The molecule has 142 valence electrons. The molecule has 1 aromatic carbocycles. The number of rotatable bonds is 5. The van der Waals surface area contributed by atoms with Gasteiger partial charge in [-0.05, 0) is 30.4 Å². The average Bonchev–Trinajstić information content (AvgIpc) is 3.01. The lowest BCUT2D eigenvalue weighted by atomic mass is 10.0. The van der Waals surface area contributed by atoms with Crippen LogP contribution in [0.25, 0.3) is 0 Å². The van der Waals surface area contributed by atoms with Crippen LogP contribution in [0.4, 0.5) is 0 Å². The first-order valence-corrected chi connectivity index (χ1v) is 8.62. The number of halogens is 2. The first kappa shape index (κ1) is 22.2. The van der Waals surface area contributed by atoms with Gasteiger partial charge in [0.1, 0.15) is 0 Å². The number of hydrogen-bond acceptors (Lipinski definition) is 4. The third-order valence-electron chi connectivity index (χ3n) is 4.91. The van der Waals surface area contributed by atoms with Gasteiger partial charge < -0.3 is 15.8 Å². The van der Waals surface area contributed by atoms with Gasteiger partial charge in [-0.3, -0.25) is 9.69 Å². The average molecular weight is 390 g/mol. The number of nitrogens with one attached hydrogen (secondary N) is 1. The smallest absolute Gasteiger partial charge is 0.223 e. The van der Waals surface area contributed by atoms with Crippen molar-refractivity contribution in [1.82, 2.24) is 10.2 Å². The van der Waals surface area contributed by atoms with E-state index in [-0.39, 0.29) is 42.7 Å². The fraction of sp³-hybridized carbons (Fsp3) is 0.611. The molecular weight excluding hydrogens is 361 g/mol. The van der Waals surface area contributed by atoms with Crippen LogP contribution in [0.15, 0.2) is 24.3 Å². The number of nitrogens with zero attached hydrogens (tertiary/aromatic N) is 1. The van der Waals surface area contributed by atoms with Crippen molar-refractivity contribution in [2.45, 2.75) is 38.4 Å². The Morgan fingerprint density at radius 3 is 2.48 bits per heavy atom. The summed E-state index contributed by atoms with van der Waals surface area (Å²) >= 11 is 0. The lowest BCUT2D eigenvalue weighted by molar-refractivity contribution is -0.125. The Bertz CT molecular complexity index is 539. The normalized spacial score (nSPS) is 23.4. The van der Waals surface area contributed by atoms with Crippen LogP contribution in [-0.4, -0.2) is 43.2 Å². The van der Waals surface area contributed by atoms with E-state index in [1.165, 1.54) is 11.1 Å². The monoisotopic (exact) mass is 389 g/mol. The minimum absolute atomic E-state index is 0. The van der Waals surface area contributed by atoms with Crippen LogP contribution in [0.1, 0.15) is 30.4 Å². The fourth-order valence-electron chi connectivity index (χ4n) is 3.47. The maximum atomic E-state index is 12.3. The largest absolute Gasteiger partial charge is 0.379 e. The molecule has 1 saturated carbocycles. The van der Waals surface area contributed by atoms with Crippen molar-refractivity contribution in [3.05, 3.63) is 35.4 Å². The molecule has 1 aliphatic heterocycles. The topological polar surface area (TPSA) is 67.6 Å². The Morgan fingerprint density at radius 2 is 1.84 bits per heavy atom. The molecule has 1 saturated heterocycles. The number of carbonyl (C=O) groups excluding carboxylic acids is 1. The van der Waals surface area contributed by atoms with Crippen molar-refractivity contribution in [2.24, 2.45) is 11.7 Å². The molecule has 2 aliphatic rings. The van der Waals surface area contributed by atoms with E-state index >= 15 is 0 Å². The van der Waals surface area contributed by atoms with Crippen molar-refractivity contribution < 1.29 is 9.53 Å². The molecule has 0 aromatic heterocycles. The molecule has 3 rings (SSSR count). The van der Waals surface area contributed by atoms with Gasteiger partial charge in [0.15, 0.2) is 0 Å². The molecule has 0 radical (unpaired) electrons. The second kappa shape index (κ2) is 11.0. The summed E-state index contributed by atoms with van der Waals surface area (Å²) in [6.45, 7) is 5.08. The summed E-state index contributed by atoms with van der Waals surface area (Å²) in [7, 11) is 0. The Labute approximate surface area is 162 Å². The Kier molecular flexibility index (Phi) is 9.75. The van der Waals surface area contributed by atoms with Crippen molar-refractivity contribution in [3.63, 3.8) is 0 Å². The van der Waals surface area contributed by atoms with Crippen LogP contribution in [0.3, 0.4) is 0 Å². The molecular formula is C18H29Cl2N3O2. The Balaban J connectivity index is 0.00000156. The van der Waals surface area contributed by atoms with Crippen molar-refractivity contribution in [1.29, 1.82) is 0 Å². The summed E-state index contributed by atoms with van der Waals surface area (Å²) < 4.78 is 5.40. The predicted molar refractivity (Wildman–Crippen MR) is 104 cm³/mol. The molecule has 2 unspecified atom stereocenters. The standard InChI is InChI=1S/C18H27N3O2.2ClH/c19-17-6-5-14(11-17)18(22)20-12-15-3-1-2-4-16(15)13-21-7-9-23-10-8-21;;/h1-4,14,17H,5-13,19H2,(H,20,22);2*1H. The molecule has 1 heterocycles. The van der Waals surface area contributed by atoms with Gasteiger partial charge in [0.05, 0.1) is 13.2 Å². The van der Waals surface area contributed by atoms with E-state index in [9.17, 15) is 4.79 Å². The molecule has 25 heavy (non-hydrogen) atoms. The van der Waals surface area contributed by atoms with E-state index < -0.39 is 0 Å². The summed E-state index contributed by atoms with van der Waals surface area (Å²) in [5.41, 5.74) is 8.40. The van der Waals surface area contributed by atoms with E-state index in [0.717, 1.165) is 52.1 Å². The van der Waals surface area contributed by atoms with Crippen LogP contribution in [0, 0.1) is 5.92 Å². The number of benzene rings is 1. The van der Waals surface area contributed by atoms with Crippen LogP contribution in [0.5, 0.6) is 0 Å². The summed E-state index contributed by atoms with van der Waals surface area (Å²) in [6.07, 6.45) is 2.70. The summed E-state index contributed by atoms with van der Waals surface area (Å²) in [5.74, 6) is 0.246. The number of amides is 1. The maximum Gasteiger partial charge on any atom is 0.223 e. The number of carbonyl (C=O) groups is 1. The zero-order chi connectivity index (χ0) is 16.1. The molecule has 0 bridgehead atoms. The SMILES string of the molecule is Cl.Cl.NC1CCC(C(=O)NCc2ccccc2CN2CCOCC2)C1. The summed E-state index contributed by atoms with van der Waals surface area (Å²) in [4.78, 5) is 14.7. The molecule has 7 heteroatoms. The van der Waals surface area contributed by atoms with Gasteiger partial charge in [0.25, 0.3) is 0 Å². The van der Waals surface area contributed by atoms with E-state index in [1.807, 2.05) is 6.07 Å². The van der Waals surface area contributed by atoms with Crippen LogP contribution in [0.2, 0.25) is 0 Å². The number of ether oxygens (including phenoxy) is 1. The highest BCUT2D eigenvalue weighted by Gasteiger charge is 2.27. The minimum Gasteiger partial charge on any atom is -0.379 e. The molecule has 1 aromatic rings. The zero-order valence-corrected chi connectivity index (χ0v) is 16.1. The van der Waals surface area contributed by atoms with E-state index in [4.69, 9.17) is 10.5 Å². The van der Waals surface area contributed by atoms with Crippen LogP contribution < -0.4 is 11.1 Å². The molecule has 5 nitrogen and oxygen atoms in total. The maximum absolute atomic E-state index is 12.3. The van der Waals surface area contributed by atoms with E-state index in [2.05, 4.69) is 28.4 Å². The summed E-state index contributed by atoms with van der Waals surface area (Å²) in [5, 5.41) is 3.10. The Morgan fingerprint density at radius 1 is 1.16 bits per heavy atom.